The molecule has 1 saturated heterocycles. The van der Waals surface area contributed by atoms with Gasteiger partial charge in [0.15, 0.2) is 0 Å². The normalized spacial score (nSPS) is 19.6. The van der Waals surface area contributed by atoms with Crippen LogP contribution in [0.25, 0.3) is 0 Å². The quantitative estimate of drug-likeness (QED) is 0.690. The molecule has 0 saturated carbocycles. The monoisotopic (exact) mass is 376 g/mol. The first-order chi connectivity index (χ1) is 13.0. The summed E-state index contributed by atoms with van der Waals surface area (Å²) < 4.78 is 5.48. The number of carboxylic acid groups (broad SMARTS) is 1. The molecule has 1 aliphatic heterocycles. The molecule has 2 atom stereocenters. The lowest BCUT2D eigenvalue weighted by Gasteiger charge is -2.41. The Morgan fingerprint density at radius 3 is 2.74 bits per heavy atom. The van der Waals surface area contributed by atoms with Crippen LogP contribution in [0.4, 0.5) is 0 Å². The van der Waals surface area contributed by atoms with Gasteiger partial charge in [-0.3, -0.25) is 14.4 Å². The van der Waals surface area contributed by atoms with Gasteiger partial charge in [0, 0.05) is 25.1 Å². The standard InChI is InChI=1S/C20H28N2O5/c1-3-4-13-22-17(23)10-9-15(20(26)21-12-11-18(24)25)19(22)14-7-5-6-8-16(14)27-2/h5-8,15,19H,3-4,9-13H2,1-2H3,(H,21,26)(H,24,25)/t15-,19+/m0/s1. The number of benzene rings is 1. The molecule has 1 fully saturated rings. The highest BCUT2D eigenvalue weighted by Crippen LogP contribution is 2.40. The van der Waals surface area contributed by atoms with Crippen LogP contribution >= 0.6 is 0 Å². The number of likely N-dealkylation sites (tertiary alicyclic amines) is 1. The van der Waals surface area contributed by atoms with Crippen molar-refractivity contribution in [2.75, 3.05) is 20.2 Å². The molecule has 7 heteroatoms. The average Bonchev–Trinajstić information content (AvgIpc) is 2.66. The summed E-state index contributed by atoms with van der Waals surface area (Å²) in [5.41, 5.74) is 0.808. The van der Waals surface area contributed by atoms with Crippen LogP contribution in [-0.2, 0) is 14.4 Å². The van der Waals surface area contributed by atoms with Crippen molar-refractivity contribution in [1.29, 1.82) is 0 Å². The summed E-state index contributed by atoms with van der Waals surface area (Å²) in [5, 5.41) is 11.5. The maximum atomic E-state index is 12.8. The Bertz CT molecular complexity index is 676. The fraction of sp³-hybridized carbons (Fsp3) is 0.550. The summed E-state index contributed by atoms with van der Waals surface area (Å²) in [5.74, 6) is -0.943. The first kappa shape index (κ1) is 20.7. The van der Waals surface area contributed by atoms with Crippen LogP contribution in [0.3, 0.4) is 0 Å². The van der Waals surface area contributed by atoms with Gasteiger partial charge in [0.1, 0.15) is 5.75 Å². The Morgan fingerprint density at radius 1 is 1.33 bits per heavy atom. The molecule has 0 aliphatic carbocycles. The van der Waals surface area contributed by atoms with Crippen molar-refractivity contribution in [2.45, 2.75) is 45.1 Å². The Hall–Kier alpha value is -2.57. The van der Waals surface area contributed by atoms with E-state index in [9.17, 15) is 14.4 Å². The van der Waals surface area contributed by atoms with Crippen molar-refractivity contribution in [3.63, 3.8) is 0 Å². The number of piperidine rings is 1. The minimum atomic E-state index is -0.958. The van der Waals surface area contributed by atoms with E-state index in [1.807, 2.05) is 24.3 Å². The number of carboxylic acids is 1. The molecule has 1 heterocycles. The predicted molar refractivity (Wildman–Crippen MR) is 100 cm³/mol. The molecule has 0 unspecified atom stereocenters. The molecule has 148 valence electrons. The van der Waals surface area contributed by atoms with E-state index >= 15 is 0 Å². The SMILES string of the molecule is CCCCN1C(=O)CC[C@H](C(=O)NCCC(=O)O)[C@H]1c1ccccc1OC. The molecule has 1 aromatic carbocycles. The van der Waals surface area contributed by atoms with E-state index in [0.717, 1.165) is 18.4 Å². The topological polar surface area (TPSA) is 95.9 Å². The number of methoxy groups -OCH3 is 1. The third-order valence-electron chi connectivity index (χ3n) is 4.89. The lowest BCUT2D eigenvalue weighted by molar-refractivity contribution is -0.143. The van der Waals surface area contributed by atoms with Crippen LogP contribution in [0.1, 0.15) is 50.6 Å². The van der Waals surface area contributed by atoms with Crippen molar-refractivity contribution in [1.82, 2.24) is 10.2 Å². The number of ether oxygens (including phenoxy) is 1. The molecule has 1 aromatic rings. The van der Waals surface area contributed by atoms with Gasteiger partial charge in [-0.2, -0.15) is 0 Å². The van der Waals surface area contributed by atoms with Gasteiger partial charge in [-0.15, -0.1) is 0 Å². The number of nitrogens with zero attached hydrogens (tertiary/aromatic N) is 1. The Morgan fingerprint density at radius 2 is 2.07 bits per heavy atom. The third-order valence-corrected chi connectivity index (χ3v) is 4.89. The number of carbonyl (C=O) groups excluding carboxylic acids is 2. The molecule has 27 heavy (non-hydrogen) atoms. The maximum absolute atomic E-state index is 12.8. The summed E-state index contributed by atoms with van der Waals surface area (Å²) in [6.07, 6.45) is 2.41. The highest BCUT2D eigenvalue weighted by Gasteiger charge is 2.41. The smallest absolute Gasteiger partial charge is 0.305 e. The molecule has 7 nitrogen and oxygen atoms in total. The zero-order chi connectivity index (χ0) is 19.8. The van der Waals surface area contributed by atoms with Crippen molar-refractivity contribution in [2.24, 2.45) is 5.92 Å². The summed E-state index contributed by atoms with van der Waals surface area (Å²) in [6, 6.07) is 7.02. The zero-order valence-corrected chi connectivity index (χ0v) is 15.9. The van der Waals surface area contributed by atoms with E-state index in [-0.39, 0.29) is 24.8 Å². The van der Waals surface area contributed by atoms with Gasteiger partial charge in [-0.05, 0) is 18.9 Å². The molecule has 2 rings (SSSR count). The van der Waals surface area contributed by atoms with Crippen molar-refractivity contribution in [3.8, 4) is 5.75 Å². The van der Waals surface area contributed by atoms with Gasteiger partial charge in [0.2, 0.25) is 11.8 Å². The largest absolute Gasteiger partial charge is 0.496 e. The molecule has 1 aliphatic rings. The van der Waals surface area contributed by atoms with E-state index in [1.165, 1.54) is 0 Å². The molecule has 0 radical (unpaired) electrons. The van der Waals surface area contributed by atoms with Gasteiger partial charge in [-0.25, -0.2) is 0 Å². The predicted octanol–water partition coefficient (Wildman–Crippen LogP) is 2.37. The van der Waals surface area contributed by atoms with E-state index < -0.39 is 17.9 Å². The van der Waals surface area contributed by atoms with Gasteiger partial charge in [0.25, 0.3) is 0 Å². The third kappa shape index (κ3) is 5.21. The van der Waals surface area contributed by atoms with Crippen molar-refractivity contribution >= 4 is 17.8 Å². The first-order valence-electron chi connectivity index (χ1n) is 9.41. The number of nitrogens with one attached hydrogen (secondary N) is 1. The van der Waals surface area contributed by atoms with Crippen molar-refractivity contribution in [3.05, 3.63) is 29.8 Å². The summed E-state index contributed by atoms with van der Waals surface area (Å²) >= 11 is 0. The second-order valence-electron chi connectivity index (χ2n) is 6.71. The van der Waals surface area contributed by atoms with Gasteiger partial charge < -0.3 is 20.1 Å². The lowest BCUT2D eigenvalue weighted by Crippen LogP contribution is -2.48. The van der Waals surface area contributed by atoms with Crippen LogP contribution in [-0.4, -0.2) is 48.0 Å². The number of amides is 2. The Balaban J connectivity index is 2.33. The fourth-order valence-electron chi connectivity index (χ4n) is 3.54. The number of carbonyl (C=O) groups is 3. The minimum Gasteiger partial charge on any atom is -0.496 e. The number of para-hydroxylation sites is 1. The van der Waals surface area contributed by atoms with E-state index in [4.69, 9.17) is 9.84 Å². The van der Waals surface area contributed by atoms with Crippen LogP contribution in [0.5, 0.6) is 5.75 Å². The minimum absolute atomic E-state index is 0.0361. The number of rotatable bonds is 9. The van der Waals surface area contributed by atoms with E-state index in [2.05, 4.69) is 12.2 Å². The maximum Gasteiger partial charge on any atom is 0.305 e. The number of unbranched alkanes of at least 4 members (excludes halogenated alkanes) is 1. The summed E-state index contributed by atoms with van der Waals surface area (Å²) in [7, 11) is 1.57. The highest BCUT2D eigenvalue weighted by molar-refractivity contribution is 5.85. The molecule has 0 spiro atoms. The van der Waals surface area contributed by atoms with Crippen LogP contribution in [0.15, 0.2) is 24.3 Å². The molecular weight excluding hydrogens is 348 g/mol. The summed E-state index contributed by atoms with van der Waals surface area (Å²) in [6.45, 7) is 2.71. The van der Waals surface area contributed by atoms with E-state index in [1.54, 1.807) is 12.0 Å². The second-order valence-corrected chi connectivity index (χ2v) is 6.71. The molecule has 2 amide bonds. The van der Waals surface area contributed by atoms with Gasteiger partial charge in [-0.1, -0.05) is 31.5 Å². The number of hydrogen-bond acceptors (Lipinski definition) is 4. The molecule has 2 N–H and O–H groups in total. The number of aliphatic carboxylic acids is 1. The lowest BCUT2D eigenvalue weighted by atomic mass is 9.83. The molecular formula is C20H28N2O5. The Kier molecular flexibility index (Phi) is 7.64. The van der Waals surface area contributed by atoms with Crippen LogP contribution in [0, 0.1) is 5.92 Å². The highest BCUT2D eigenvalue weighted by atomic mass is 16.5. The van der Waals surface area contributed by atoms with E-state index in [0.29, 0.717) is 25.1 Å². The number of hydrogen-bond donors (Lipinski definition) is 2. The van der Waals surface area contributed by atoms with Crippen LogP contribution in [0.2, 0.25) is 0 Å². The second kappa shape index (κ2) is 9.94. The fourth-order valence-corrected chi connectivity index (χ4v) is 3.54. The van der Waals surface area contributed by atoms with Gasteiger partial charge >= 0.3 is 5.97 Å². The van der Waals surface area contributed by atoms with Crippen LogP contribution < -0.4 is 10.1 Å². The Labute approximate surface area is 159 Å². The zero-order valence-electron chi connectivity index (χ0n) is 15.9. The van der Waals surface area contributed by atoms with Gasteiger partial charge in [0.05, 0.1) is 25.5 Å². The summed E-state index contributed by atoms with van der Waals surface area (Å²) in [4.78, 5) is 37.9. The first-order valence-corrected chi connectivity index (χ1v) is 9.41. The van der Waals surface area contributed by atoms with Crippen molar-refractivity contribution < 1.29 is 24.2 Å². The average molecular weight is 376 g/mol. The molecule has 0 bridgehead atoms. The molecule has 0 aromatic heterocycles.